The van der Waals surface area contributed by atoms with E-state index in [1.807, 2.05) is 11.8 Å². The SMILES string of the molecule is CCOCC(C(C)C)N1C(=O)CNC1c1ccc(C)s1. The van der Waals surface area contributed by atoms with Crippen LogP contribution in [0.1, 0.15) is 36.7 Å². The summed E-state index contributed by atoms with van der Waals surface area (Å²) < 4.78 is 5.59. The lowest BCUT2D eigenvalue weighted by Crippen LogP contribution is -2.45. The highest BCUT2D eigenvalue weighted by Gasteiger charge is 2.38. The Morgan fingerprint density at radius 2 is 2.25 bits per heavy atom. The quantitative estimate of drug-likeness (QED) is 0.877. The van der Waals surface area contributed by atoms with E-state index in [1.54, 1.807) is 11.3 Å². The topological polar surface area (TPSA) is 41.6 Å². The summed E-state index contributed by atoms with van der Waals surface area (Å²) in [7, 11) is 0. The van der Waals surface area contributed by atoms with Gasteiger partial charge in [-0.1, -0.05) is 13.8 Å². The molecule has 0 radical (unpaired) electrons. The van der Waals surface area contributed by atoms with Crippen molar-refractivity contribution in [3.8, 4) is 0 Å². The molecule has 2 heterocycles. The maximum Gasteiger partial charge on any atom is 0.238 e. The molecule has 0 aromatic carbocycles. The minimum atomic E-state index is -0.00550. The van der Waals surface area contributed by atoms with Crippen molar-refractivity contribution >= 4 is 17.2 Å². The minimum Gasteiger partial charge on any atom is -0.380 e. The first-order valence-electron chi connectivity index (χ1n) is 7.23. The van der Waals surface area contributed by atoms with Crippen LogP contribution in [0, 0.1) is 12.8 Å². The van der Waals surface area contributed by atoms with Crippen LogP contribution in [0.2, 0.25) is 0 Å². The van der Waals surface area contributed by atoms with E-state index in [0.29, 0.717) is 25.7 Å². The van der Waals surface area contributed by atoms with Gasteiger partial charge in [0.1, 0.15) is 6.17 Å². The van der Waals surface area contributed by atoms with Crippen LogP contribution >= 0.6 is 11.3 Å². The predicted molar refractivity (Wildman–Crippen MR) is 81.8 cm³/mol. The normalized spacial score (nSPS) is 20.9. The molecule has 1 amide bonds. The van der Waals surface area contributed by atoms with Crippen LogP contribution in [0.4, 0.5) is 0 Å². The van der Waals surface area contributed by atoms with E-state index in [0.717, 1.165) is 0 Å². The van der Waals surface area contributed by atoms with Gasteiger partial charge < -0.3 is 9.64 Å². The van der Waals surface area contributed by atoms with E-state index in [9.17, 15) is 4.79 Å². The molecule has 2 atom stereocenters. The third kappa shape index (κ3) is 3.22. The first-order valence-corrected chi connectivity index (χ1v) is 8.04. The average Bonchev–Trinajstić information content (AvgIpc) is 2.97. The Kier molecular flexibility index (Phi) is 5.18. The zero-order valence-corrected chi connectivity index (χ0v) is 13.5. The van der Waals surface area contributed by atoms with E-state index in [-0.39, 0.29) is 18.1 Å². The Balaban J connectivity index is 2.22. The fraction of sp³-hybridized carbons (Fsp3) is 0.667. The van der Waals surface area contributed by atoms with Crippen molar-refractivity contribution in [3.05, 3.63) is 21.9 Å². The van der Waals surface area contributed by atoms with Gasteiger partial charge in [-0.15, -0.1) is 11.3 Å². The highest BCUT2D eigenvalue weighted by molar-refractivity contribution is 7.12. The van der Waals surface area contributed by atoms with Gasteiger partial charge in [0.15, 0.2) is 0 Å². The molecular formula is C15H24N2O2S. The van der Waals surface area contributed by atoms with Crippen LogP contribution in [0.15, 0.2) is 12.1 Å². The van der Waals surface area contributed by atoms with Gasteiger partial charge in [-0.05, 0) is 31.9 Å². The van der Waals surface area contributed by atoms with E-state index in [1.165, 1.54) is 9.75 Å². The highest BCUT2D eigenvalue weighted by atomic mass is 32.1. The van der Waals surface area contributed by atoms with Gasteiger partial charge in [0.05, 0.1) is 19.2 Å². The smallest absolute Gasteiger partial charge is 0.238 e. The number of amides is 1. The third-order valence-electron chi connectivity index (χ3n) is 3.66. The molecule has 2 unspecified atom stereocenters. The van der Waals surface area contributed by atoms with Crippen molar-refractivity contribution in [2.45, 2.75) is 39.9 Å². The second kappa shape index (κ2) is 6.70. The summed E-state index contributed by atoms with van der Waals surface area (Å²) in [6, 6.07) is 4.33. The van der Waals surface area contributed by atoms with Gasteiger partial charge in [-0.3, -0.25) is 10.1 Å². The second-order valence-electron chi connectivity index (χ2n) is 5.50. The number of rotatable bonds is 6. The summed E-state index contributed by atoms with van der Waals surface area (Å²) >= 11 is 1.75. The highest BCUT2D eigenvalue weighted by Crippen LogP contribution is 2.31. The Hall–Kier alpha value is -0.910. The molecule has 1 aliphatic rings. The van der Waals surface area contributed by atoms with Gasteiger partial charge >= 0.3 is 0 Å². The van der Waals surface area contributed by atoms with Crippen LogP contribution in [0.5, 0.6) is 0 Å². The zero-order valence-electron chi connectivity index (χ0n) is 12.7. The largest absolute Gasteiger partial charge is 0.380 e. The number of nitrogens with zero attached hydrogens (tertiary/aromatic N) is 1. The summed E-state index contributed by atoms with van der Waals surface area (Å²) in [6.45, 7) is 10.1. The van der Waals surface area contributed by atoms with Crippen molar-refractivity contribution in [1.29, 1.82) is 0 Å². The maximum atomic E-state index is 12.3. The molecule has 1 fully saturated rings. The molecule has 1 aliphatic heterocycles. The standard InChI is InChI=1S/C15H24N2O2S/c1-5-19-9-12(10(2)3)17-14(18)8-16-15(17)13-7-6-11(4)20-13/h6-7,10,12,15-16H,5,8-9H2,1-4H3. The van der Waals surface area contributed by atoms with Crippen molar-refractivity contribution in [1.82, 2.24) is 10.2 Å². The number of hydrogen-bond donors (Lipinski definition) is 1. The molecule has 5 heteroatoms. The number of ether oxygens (including phenoxy) is 1. The third-order valence-corrected chi connectivity index (χ3v) is 4.72. The Morgan fingerprint density at radius 1 is 1.50 bits per heavy atom. The fourth-order valence-corrected chi connectivity index (χ4v) is 3.52. The number of nitrogens with one attached hydrogen (secondary N) is 1. The lowest BCUT2D eigenvalue weighted by atomic mass is 10.0. The van der Waals surface area contributed by atoms with Gasteiger partial charge in [-0.25, -0.2) is 0 Å². The second-order valence-corrected chi connectivity index (χ2v) is 6.82. The van der Waals surface area contributed by atoms with Crippen LogP contribution in [0.3, 0.4) is 0 Å². The molecule has 0 spiro atoms. The van der Waals surface area contributed by atoms with E-state index in [2.05, 4.69) is 38.2 Å². The lowest BCUT2D eigenvalue weighted by molar-refractivity contribution is -0.133. The molecule has 2 rings (SSSR count). The summed E-state index contributed by atoms with van der Waals surface area (Å²) in [5.41, 5.74) is 0. The van der Waals surface area contributed by atoms with E-state index < -0.39 is 0 Å². The molecule has 20 heavy (non-hydrogen) atoms. The summed E-state index contributed by atoms with van der Waals surface area (Å²) in [5, 5.41) is 3.33. The van der Waals surface area contributed by atoms with Crippen molar-refractivity contribution in [3.63, 3.8) is 0 Å². The lowest BCUT2D eigenvalue weighted by Gasteiger charge is -2.34. The van der Waals surface area contributed by atoms with Gasteiger partial charge in [0.2, 0.25) is 5.91 Å². The van der Waals surface area contributed by atoms with Crippen molar-refractivity contribution in [2.24, 2.45) is 5.92 Å². The molecule has 0 aliphatic carbocycles. The van der Waals surface area contributed by atoms with Gasteiger partial charge in [0, 0.05) is 16.4 Å². The van der Waals surface area contributed by atoms with Crippen LogP contribution in [-0.4, -0.2) is 36.6 Å². The average molecular weight is 296 g/mol. The molecule has 4 nitrogen and oxygen atoms in total. The molecule has 0 saturated carbocycles. The molecule has 1 N–H and O–H groups in total. The van der Waals surface area contributed by atoms with Gasteiger partial charge in [0.25, 0.3) is 0 Å². The van der Waals surface area contributed by atoms with Gasteiger partial charge in [-0.2, -0.15) is 0 Å². The molecule has 0 bridgehead atoms. The van der Waals surface area contributed by atoms with E-state index >= 15 is 0 Å². The predicted octanol–water partition coefficient (Wildman–Crippen LogP) is 2.55. The summed E-state index contributed by atoms with van der Waals surface area (Å²) in [6.07, 6.45) is -0.00550. The van der Waals surface area contributed by atoms with E-state index in [4.69, 9.17) is 4.74 Å². The Labute approximate surface area is 125 Å². The number of aryl methyl sites for hydroxylation is 1. The minimum absolute atomic E-state index is 0.00550. The zero-order chi connectivity index (χ0) is 14.7. The van der Waals surface area contributed by atoms with Crippen molar-refractivity contribution in [2.75, 3.05) is 19.8 Å². The monoisotopic (exact) mass is 296 g/mol. The summed E-state index contributed by atoms with van der Waals surface area (Å²) in [4.78, 5) is 16.7. The summed E-state index contributed by atoms with van der Waals surface area (Å²) in [5.74, 6) is 0.536. The van der Waals surface area contributed by atoms with Crippen LogP contribution in [0.25, 0.3) is 0 Å². The first-order chi connectivity index (χ1) is 9.54. The fourth-order valence-electron chi connectivity index (χ4n) is 2.56. The molecule has 1 aromatic rings. The Bertz CT molecular complexity index is 458. The number of thiophene rings is 1. The van der Waals surface area contributed by atoms with Crippen LogP contribution < -0.4 is 5.32 Å². The maximum absolute atomic E-state index is 12.3. The Morgan fingerprint density at radius 3 is 2.80 bits per heavy atom. The molecule has 1 aromatic heterocycles. The molecule has 1 saturated heterocycles. The van der Waals surface area contributed by atoms with Crippen molar-refractivity contribution < 1.29 is 9.53 Å². The number of hydrogen-bond acceptors (Lipinski definition) is 4. The number of carbonyl (C=O) groups excluding carboxylic acids is 1. The van der Waals surface area contributed by atoms with Crippen LogP contribution in [-0.2, 0) is 9.53 Å². The first kappa shape index (κ1) is 15.5. The molecular weight excluding hydrogens is 272 g/mol. The number of carbonyl (C=O) groups is 1. The molecule has 112 valence electrons.